The maximum Gasteiger partial charge on any atom is 0.305 e. The molecule has 558 valence electrons. The van der Waals surface area contributed by atoms with Crippen LogP contribution in [0.1, 0.15) is 412 Å². The summed E-state index contributed by atoms with van der Waals surface area (Å²) in [7, 11) is 0. The van der Waals surface area contributed by atoms with Crippen LogP contribution in [0.3, 0.4) is 0 Å². The van der Waals surface area contributed by atoms with E-state index in [4.69, 9.17) is 14.2 Å². The van der Waals surface area contributed by atoms with Crippen molar-refractivity contribution in [2.45, 2.75) is 455 Å². The van der Waals surface area contributed by atoms with E-state index in [0.29, 0.717) is 19.4 Å². The average Bonchev–Trinajstić information content (AvgIpc) is 0.858. The highest BCUT2D eigenvalue weighted by atomic mass is 16.7. The molecule has 11 nitrogen and oxygen atoms in total. The Kier molecular flexibility index (Phi) is 69.5. The highest BCUT2D eigenvalue weighted by Gasteiger charge is 2.44. The van der Waals surface area contributed by atoms with Crippen molar-refractivity contribution in [3.8, 4) is 0 Å². The molecule has 0 radical (unpaired) electrons. The van der Waals surface area contributed by atoms with E-state index in [2.05, 4.69) is 55.6 Å². The van der Waals surface area contributed by atoms with Crippen molar-refractivity contribution < 1.29 is 49.3 Å². The van der Waals surface area contributed by atoms with Gasteiger partial charge in [-0.05, 0) is 77.0 Å². The SMILES string of the molecule is CCCCCCC/C=C/CC/C=C/C(O)C(COC1OC(CO)C(O)C(O)C1O)NC(=O)CCCCCCCCCCCCCCCCCCC/C=C\C/C=C\CCCCCCCCCCCCCCCCCOC(=O)CCCCCCCCCCCCCCCCCCC. The number of amides is 1. The fraction of sp³-hybridized carbons (Fsp3) is 0.881. The lowest BCUT2D eigenvalue weighted by atomic mass is 9.99. The minimum Gasteiger partial charge on any atom is -0.466 e. The van der Waals surface area contributed by atoms with Gasteiger partial charge in [-0.3, -0.25) is 9.59 Å². The summed E-state index contributed by atoms with van der Waals surface area (Å²) in [6.07, 6.45) is 87.4. The molecule has 7 unspecified atom stereocenters. The number of rotatable bonds is 74. The number of aliphatic hydroxyl groups is 5. The van der Waals surface area contributed by atoms with Crippen LogP contribution in [0.2, 0.25) is 0 Å². The molecular formula is C84H157NO10. The minimum absolute atomic E-state index is 0.0190. The van der Waals surface area contributed by atoms with Crippen molar-refractivity contribution in [3.63, 3.8) is 0 Å². The molecule has 0 aromatic heterocycles. The number of carbonyl (C=O) groups excluding carboxylic acids is 2. The topological polar surface area (TPSA) is 175 Å². The molecule has 1 fully saturated rings. The molecule has 0 aromatic rings. The van der Waals surface area contributed by atoms with Gasteiger partial charge in [0, 0.05) is 12.8 Å². The summed E-state index contributed by atoms with van der Waals surface area (Å²) in [5.74, 6) is -0.169. The summed E-state index contributed by atoms with van der Waals surface area (Å²) in [6.45, 7) is 4.36. The molecule has 0 aliphatic carbocycles. The van der Waals surface area contributed by atoms with Gasteiger partial charge >= 0.3 is 5.97 Å². The molecule has 0 aromatic carbocycles. The number of hydrogen-bond donors (Lipinski definition) is 6. The fourth-order valence-electron chi connectivity index (χ4n) is 13.2. The van der Waals surface area contributed by atoms with E-state index < -0.39 is 49.5 Å². The third-order valence-electron chi connectivity index (χ3n) is 19.7. The molecule has 1 aliphatic heterocycles. The van der Waals surface area contributed by atoms with Crippen LogP contribution in [0, 0.1) is 0 Å². The number of hydrogen-bond acceptors (Lipinski definition) is 10. The lowest BCUT2D eigenvalue weighted by molar-refractivity contribution is -0.302. The smallest absolute Gasteiger partial charge is 0.305 e. The Morgan fingerprint density at radius 2 is 0.716 bits per heavy atom. The first kappa shape index (κ1) is 90.6. The average molecular weight is 1340 g/mol. The van der Waals surface area contributed by atoms with E-state index >= 15 is 0 Å². The van der Waals surface area contributed by atoms with E-state index in [9.17, 15) is 35.1 Å². The van der Waals surface area contributed by atoms with Crippen LogP contribution < -0.4 is 5.32 Å². The van der Waals surface area contributed by atoms with E-state index in [0.717, 1.165) is 57.8 Å². The predicted molar refractivity (Wildman–Crippen MR) is 403 cm³/mol. The first-order valence-corrected chi connectivity index (χ1v) is 41.4. The maximum absolute atomic E-state index is 13.1. The van der Waals surface area contributed by atoms with E-state index in [1.807, 2.05) is 6.08 Å². The molecule has 0 saturated carbocycles. The quantitative estimate of drug-likeness (QED) is 0.0195. The molecule has 0 bridgehead atoms. The Hall–Kier alpha value is -2.38. The molecule has 1 aliphatic rings. The van der Waals surface area contributed by atoms with Crippen molar-refractivity contribution in [2.24, 2.45) is 0 Å². The molecule has 1 rings (SSSR count). The van der Waals surface area contributed by atoms with Crippen LogP contribution in [0.15, 0.2) is 48.6 Å². The predicted octanol–water partition coefficient (Wildman–Crippen LogP) is 22.6. The van der Waals surface area contributed by atoms with Crippen LogP contribution in [-0.4, -0.2) is 100 Å². The summed E-state index contributed by atoms with van der Waals surface area (Å²) in [6, 6.07) is -0.825. The lowest BCUT2D eigenvalue weighted by Crippen LogP contribution is -2.60. The van der Waals surface area contributed by atoms with Crippen LogP contribution in [0.5, 0.6) is 0 Å². The zero-order valence-corrected chi connectivity index (χ0v) is 62.4. The van der Waals surface area contributed by atoms with E-state index in [1.165, 1.54) is 327 Å². The van der Waals surface area contributed by atoms with Gasteiger partial charge in [-0.2, -0.15) is 0 Å². The van der Waals surface area contributed by atoms with Gasteiger partial charge < -0.3 is 45.1 Å². The number of nitrogens with one attached hydrogen (secondary N) is 1. The number of ether oxygens (including phenoxy) is 3. The number of aliphatic hydroxyl groups excluding tert-OH is 5. The van der Waals surface area contributed by atoms with Gasteiger partial charge in [-0.25, -0.2) is 0 Å². The zero-order chi connectivity index (χ0) is 68.6. The number of unbranched alkanes of at least 4 members (excludes halogenated alkanes) is 54. The molecule has 11 heteroatoms. The monoisotopic (exact) mass is 1340 g/mol. The van der Waals surface area contributed by atoms with Crippen LogP contribution in [0.25, 0.3) is 0 Å². The third kappa shape index (κ3) is 61.2. The summed E-state index contributed by atoms with van der Waals surface area (Å²) in [5, 5.41) is 54.4. The Morgan fingerprint density at radius 1 is 0.389 bits per heavy atom. The first-order chi connectivity index (χ1) is 46.7. The second-order valence-electron chi connectivity index (χ2n) is 28.8. The van der Waals surface area contributed by atoms with Crippen molar-refractivity contribution in [2.75, 3.05) is 19.8 Å². The van der Waals surface area contributed by atoms with Gasteiger partial charge in [0.2, 0.25) is 5.91 Å². The van der Waals surface area contributed by atoms with Gasteiger partial charge in [-0.15, -0.1) is 0 Å². The van der Waals surface area contributed by atoms with Crippen molar-refractivity contribution in [3.05, 3.63) is 48.6 Å². The highest BCUT2D eigenvalue weighted by Crippen LogP contribution is 2.24. The summed E-state index contributed by atoms with van der Waals surface area (Å²) in [5.41, 5.74) is 0. The maximum atomic E-state index is 13.1. The fourth-order valence-corrected chi connectivity index (χ4v) is 13.2. The van der Waals surface area contributed by atoms with Gasteiger partial charge in [0.05, 0.1) is 32.0 Å². The van der Waals surface area contributed by atoms with E-state index in [1.54, 1.807) is 6.08 Å². The second-order valence-corrected chi connectivity index (χ2v) is 28.8. The molecule has 1 saturated heterocycles. The zero-order valence-electron chi connectivity index (χ0n) is 62.4. The van der Waals surface area contributed by atoms with Gasteiger partial charge in [-0.1, -0.05) is 371 Å². The van der Waals surface area contributed by atoms with Crippen LogP contribution >= 0.6 is 0 Å². The molecule has 7 atom stereocenters. The summed E-state index contributed by atoms with van der Waals surface area (Å²) in [4.78, 5) is 25.2. The molecule has 6 N–H and O–H groups in total. The molecule has 1 amide bonds. The second kappa shape index (κ2) is 72.9. The Bertz CT molecular complexity index is 1720. The summed E-state index contributed by atoms with van der Waals surface area (Å²) >= 11 is 0. The number of allylic oxidation sites excluding steroid dienone is 7. The summed E-state index contributed by atoms with van der Waals surface area (Å²) < 4.78 is 16.8. The molecule has 1 heterocycles. The minimum atomic E-state index is -1.58. The number of carbonyl (C=O) groups is 2. The normalized spacial score (nSPS) is 17.6. The van der Waals surface area contributed by atoms with Gasteiger partial charge in [0.15, 0.2) is 6.29 Å². The third-order valence-corrected chi connectivity index (χ3v) is 19.7. The Morgan fingerprint density at radius 3 is 1.11 bits per heavy atom. The van der Waals surface area contributed by atoms with Gasteiger partial charge in [0.1, 0.15) is 24.4 Å². The Balaban J connectivity index is 1.87. The molecular weight excluding hydrogens is 1180 g/mol. The van der Waals surface area contributed by atoms with Crippen molar-refractivity contribution >= 4 is 11.9 Å². The van der Waals surface area contributed by atoms with Crippen molar-refractivity contribution in [1.29, 1.82) is 0 Å². The molecule has 95 heavy (non-hydrogen) atoms. The standard InChI is InChI=1S/C84H157NO10/c1-3-5-7-9-11-13-15-16-17-41-45-48-52-56-60-64-68-72-80(89)93-73-69-65-61-57-53-49-46-43-40-38-36-34-32-30-28-26-24-22-20-18-19-21-23-25-27-29-31-33-35-37-39-42-44-47-51-55-59-63-67-71-79(88)85-76(75-94-84-83(92)82(91)81(90)78(74-86)95-84)77(87)70-66-62-58-54-50-14-12-10-8-6-4-2/h18-19,22,24,50,54,66,70,76-78,81-84,86-87,90-92H,3-17,20-21,23,25-49,51-53,55-65,67-69,71-75H2,1-2H3,(H,85,88)/b19-18-,24-22-,54-50+,70-66+. The number of esters is 1. The van der Waals surface area contributed by atoms with Gasteiger partial charge in [0.25, 0.3) is 0 Å². The van der Waals surface area contributed by atoms with Crippen LogP contribution in [0.4, 0.5) is 0 Å². The first-order valence-electron chi connectivity index (χ1n) is 41.4. The molecule has 0 spiro atoms. The van der Waals surface area contributed by atoms with Crippen molar-refractivity contribution in [1.82, 2.24) is 5.32 Å². The van der Waals surface area contributed by atoms with Crippen LogP contribution in [-0.2, 0) is 23.8 Å². The highest BCUT2D eigenvalue weighted by molar-refractivity contribution is 5.76. The Labute approximate surface area is 586 Å². The largest absolute Gasteiger partial charge is 0.466 e. The van der Waals surface area contributed by atoms with E-state index in [-0.39, 0.29) is 18.5 Å². The lowest BCUT2D eigenvalue weighted by Gasteiger charge is -2.40.